The molecule has 1 heterocycles. The average Bonchev–Trinajstić information content (AvgIpc) is 2.86. The fourth-order valence-corrected chi connectivity index (χ4v) is 5.06. The van der Waals surface area contributed by atoms with Crippen molar-refractivity contribution in [3.8, 4) is 5.75 Å². The highest BCUT2D eigenvalue weighted by Gasteiger charge is 2.40. The van der Waals surface area contributed by atoms with E-state index in [1.165, 1.54) is 36.4 Å². The van der Waals surface area contributed by atoms with Gasteiger partial charge in [-0.15, -0.1) is 13.2 Å². The summed E-state index contributed by atoms with van der Waals surface area (Å²) < 4.78 is 55.7. The number of ether oxygens (including phenoxy) is 1. The molecule has 1 unspecified atom stereocenters. The molecular weight excluding hydrogens is 500 g/mol. The topological polar surface area (TPSA) is 68.3 Å². The van der Waals surface area contributed by atoms with Crippen LogP contribution in [0.2, 0.25) is 0 Å². The van der Waals surface area contributed by atoms with Gasteiger partial charge in [0.25, 0.3) is 0 Å². The van der Waals surface area contributed by atoms with Gasteiger partial charge in [-0.1, -0.05) is 37.3 Å². The Hall–Kier alpha value is -3.75. The van der Waals surface area contributed by atoms with Crippen molar-refractivity contribution in [2.45, 2.75) is 51.4 Å². The maximum atomic E-state index is 14.6. The molecule has 1 aliphatic carbocycles. The minimum Gasteiger partial charge on any atom is -0.406 e. The summed E-state index contributed by atoms with van der Waals surface area (Å²) in [6, 6.07) is 15.3. The van der Waals surface area contributed by atoms with E-state index in [9.17, 15) is 27.2 Å². The number of fused-ring (bicyclic) bond motifs is 1. The van der Waals surface area contributed by atoms with E-state index >= 15 is 0 Å². The van der Waals surface area contributed by atoms with Gasteiger partial charge in [0.2, 0.25) is 5.91 Å². The van der Waals surface area contributed by atoms with E-state index in [2.05, 4.69) is 22.0 Å². The smallest absolute Gasteiger partial charge is 0.406 e. The molecule has 200 valence electrons. The number of carbonyl (C=O) groups excluding carboxylic acids is 2. The standard InChI is InChI=1S/C29H28F4N2O3/c1-18(8-11-21-5-2-3-14-34-21)15-20-16-25(36)27-23(6-4-7-24(27)30)26(20)28(37)35-17-19-9-12-22(13-10-19)38-29(31,32)33/h2-7,9-10,12-14,18,20,26H,8,11,15-17H2,1H3,(H,35,37)/t18-,20-,26?/m0/s1. The van der Waals surface area contributed by atoms with Gasteiger partial charge in [0, 0.05) is 24.9 Å². The summed E-state index contributed by atoms with van der Waals surface area (Å²) in [7, 11) is 0. The Morgan fingerprint density at radius 3 is 2.55 bits per heavy atom. The van der Waals surface area contributed by atoms with E-state index in [0.717, 1.165) is 18.5 Å². The van der Waals surface area contributed by atoms with Crippen molar-refractivity contribution in [2.75, 3.05) is 0 Å². The molecule has 0 radical (unpaired) electrons. The Labute approximate surface area is 218 Å². The summed E-state index contributed by atoms with van der Waals surface area (Å²) in [4.78, 5) is 30.7. The maximum Gasteiger partial charge on any atom is 0.573 e. The van der Waals surface area contributed by atoms with Crippen LogP contribution in [0.1, 0.15) is 59.3 Å². The third-order valence-corrected chi connectivity index (χ3v) is 6.81. The first kappa shape index (κ1) is 27.3. The van der Waals surface area contributed by atoms with Gasteiger partial charge in [0.15, 0.2) is 5.78 Å². The van der Waals surface area contributed by atoms with Crippen LogP contribution in [0.25, 0.3) is 0 Å². The van der Waals surface area contributed by atoms with Gasteiger partial charge in [-0.05, 0) is 72.6 Å². The monoisotopic (exact) mass is 528 g/mol. The normalized spacial score (nSPS) is 18.0. The van der Waals surface area contributed by atoms with Gasteiger partial charge >= 0.3 is 6.36 Å². The van der Waals surface area contributed by atoms with Gasteiger partial charge in [0.1, 0.15) is 11.6 Å². The molecule has 0 spiro atoms. The molecule has 9 heteroatoms. The molecule has 0 saturated carbocycles. The van der Waals surface area contributed by atoms with Gasteiger partial charge in [0.05, 0.1) is 11.5 Å². The molecular formula is C29H28F4N2O3. The second-order valence-electron chi connectivity index (χ2n) is 9.68. The molecule has 2 aromatic carbocycles. The van der Waals surface area contributed by atoms with Gasteiger partial charge in [-0.3, -0.25) is 14.6 Å². The first-order valence-corrected chi connectivity index (χ1v) is 12.4. The largest absolute Gasteiger partial charge is 0.573 e. The fraction of sp³-hybridized carbons (Fsp3) is 0.345. The Kier molecular flexibility index (Phi) is 8.44. The number of halogens is 4. The third kappa shape index (κ3) is 6.96. The van der Waals surface area contributed by atoms with Crippen molar-refractivity contribution in [3.63, 3.8) is 0 Å². The van der Waals surface area contributed by atoms with Crippen LogP contribution < -0.4 is 10.1 Å². The van der Waals surface area contributed by atoms with Crippen LogP contribution in [0.5, 0.6) is 5.75 Å². The lowest BCUT2D eigenvalue weighted by Gasteiger charge is -2.33. The number of carbonyl (C=O) groups is 2. The van der Waals surface area contributed by atoms with Crippen molar-refractivity contribution >= 4 is 11.7 Å². The molecule has 0 bridgehead atoms. The molecule has 0 saturated heterocycles. The minimum absolute atomic E-state index is 0.0429. The third-order valence-electron chi connectivity index (χ3n) is 6.81. The Bertz CT molecular complexity index is 1260. The first-order chi connectivity index (χ1) is 18.1. The molecule has 3 atom stereocenters. The predicted octanol–water partition coefficient (Wildman–Crippen LogP) is 6.38. The summed E-state index contributed by atoms with van der Waals surface area (Å²) in [5, 5.41) is 2.83. The molecule has 3 aromatic rings. The molecule has 38 heavy (non-hydrogen) atoms. The Balaban J connectivity index is 1.48. The summed E-state index contributed by atoms with van der Waals surface area (Å²) in [5.74, 6) is -2.55. The van der Waals surface area contributed by atoms with Crippen molar-refractivity contribution in [3.05, 3.63) is 95.1 Å². The van der Waals surface area contributed by atoms with Crippen LogP contribution in [0.3, 0.4) is 0 Å². The number of alkyl halides is 3. The molecule has 1 N–H and O–H groups in total. The molecule has 4 rings (SSSR count). The highest BCUT2D eigenvalue weighted by molar-refractivity contribution is 6.02. The zero-order valence-electron chi connectivity index (χ0n) is 20.8. The van der Waals surface area contributed by atoms with Crippen molar-refractivity contribution in [1.29, 1.82) is 0 Å². The maximum absolute atomic E-state index is 14.6. The van der Waals surface area contributed by atoms with E-state index in [-0.39, 0.29) is 47.8 Å². The van der Waals surface area contributed by atoms with Crippen LogP contribution in [-0.4, -0.2) is 23.0 Å². The molecule has 0 fully saturated rings. The van der Waals surface area contributed by atoms with Crippen molar-refractivity contribution in [2.24, 2.45) is 11.8 Å². The number of hydrogen-bond donors (Lipinski definition) is 1. The van der Waals surface area contributed by atoms with Crippen LogP contribution in [0.4, 0.5) is 17.6 Å². The average molecular weight is 529 g/mol. The van der Waals surface area contributed by atoms with Crippen LogP contribution in [-0.2, 0) is 17.8 Å². The number of pyridine rings is 1. The lowest BCUT2D eigenvalue weighted by atomic mass is 9.70. The van der Waals surface area contributed by atoms with Crippen LogP contribution in [0.15, 0.2) is 66.9 Å². The quantitative estimate of drug-likeness (QED) is 0.327. The van der Waals surface area contributed by atoms with Gasteiger partial charge in [-0.2, -0.15) is 0 Å². The second-order valence-corrected chi connectivity index (χ2v) is 9.68. The molecule has 1 aromatic heterocycles. The van der Waals surface area contributed by atoms with Crippen LogP contribution in [0, 0.1) is 17.7 Å². The summed E-state index contributed by atoms with van der Waals surface area (Å²) in [5.41, 5.74) is 1.86. The zero-order valence-corrected chi connectivity index (χ0v) is 20.8. The number of aryl methyl sites for hydroxylation is 1. The van der Waals surface area contributed by atoms with E-state index in [4.69, 9.17) is 0 Å². The fourth-order valence-electron chi connectivity index (χ4n) is 5.06. The van der Waals surface area contributed by atoms with Crippen molar-refractivity contribution in [1.82, 2.24) is 10.3 Å². The number of nitrogens with zero attached hydrogens (tertiary/aromatic N) is 1. The number of benzene rings is 2. The van der Waals surface area contributed by atoms with Gasteiger partial charge < -0.3 is 10.1 Å². The molecule has 1 amide bonds. The Morgan fingerprint density at radius 2 is 1.87 bits per heavy atom. The van der Waals surface area contributed by atoms with E-state index in [1.807, 2.05) is 18.2 Å². The Morgan fingerprint density at radius 1 is 1.11 bits per heavy atom. The second kappa shape index (κ2) is 11.8. The molecule has 5 nitrogen and oxygen atoms in total. The first-order valence-electron chi connectivity index (χ1n) is 12.4. The number of rotatable bonds is 9. The SMILES string of the molecule is C[C@@H](CCc1ccccn1)C[C@H]1CC(=O)c2c(F)cccc2C1C(=O)NCc1ccc(OC(F)(F)F)cc1. The summed E-state index contributed by atoms with van der Waals surface area (Å²) in [6.07, 6.45) is -0.820. The highest BCUT2D eigenvalue weighted by atomic mass is 19.4. The summed E-state index contributed by atoms with van der Waals surface area (Å²) in [6.45, 7) is 2.12. The van der Waals surface area contributed by atoms with E-state index in [1.54, 1.807) is 12.3 Å². The lowest BCUT2D eigenvalue weighted by Crippen LogP contribution is -2.38. The number of aromatic nitrogens is 1. The number of Topliss-reactive ketones (excluding diaryl/α,β-unsaturated/α-hetero) is 1. The molecule has 1 aliphatic rings. The number of amides is 1. The summed E-state index contributed by atoms with van der Waals surface area (Å²) >= 11 is 0. The van der Waals surface area contributed by atoms with E-state index in [0.29, 0.717) is 17.5 Å². The lowest BCUT2D eigenvalue weighted by molar-refractivity contribution is -0.274. The number of ketones is 1. The van der Waals surface area contributed by atoms with Crippen molar-refractivity contribution < 1.29 is 31.9 Å². The minimum atomic E-state index is -4.79. The zero-order chi connectivity index (χ0) is 27.3. The highest BCUT2D eigenvalue weighted by Crippen LogP contribution is 2.41. The number of hydrogen-bond acceptors (Lipinski definition) is 4. The predicted molar refractivity (Wildman–Crippen MR) is 133 cm³/mol. The number of nitrogens with one attached hydrogen (secondary N) is 1. The van der Waals surface area contributed by atoms with E-state index < -0.39 is 18.1 Å². The molecule has 0 aliphatic heterocycles. The van der Waals surface area contributed by atoms with Crippen LogP contribution >= 0.6 is 0 Å². The van der Waals surface area contributed by atoms with Gasteiger partial charge in [-0.25, -0.2) is 4.39 Å².